The summed E-state index contributed by atoms with van der Waals surface area (Å²) in [6, 6.07) is 10.5. The lowest BCUT2D eigenvalue weighted by molar-refractivity contribution is 0.104. The van der Waals surface area contributed by atoms with Gasteiger partial charge < -0.3 is 11.1 Å². The first kappa shape index (κ1) is 11.6. The molecular weight excluding hydrogens is 222 g/mol. The maximum absolute atomic E-state index is 6.01. The van der Waals surface area contributed by atoms with E-state index in [2.05, 4.69) is 5.32 Å². The number of aliphatic imine (C=N–C) groups is 1. The lowest BCUT2D eigenvalue weighted by Crippen LogP contribution is -2.43. The van der Waals surface area contributed by atoms with Crippen LogP contribution in [0.5, 0.6) is 0 Å². The highest BCUT2D eigenvalue weighted by Gasteiger charge is 2.48. The Morgan fingerprint density at radius 2 is 1.89 bits per heavy atom. The Morgan fingerprint density at radius 1 is 1.17 bits per heavy atom. The van der Waals surface area contributed by atoms with Crippen LogP contribution in [0.2, 0.25) is 0 Å². The summed E-state index contributed by atoms with van der Waals surface area (Å²) in [4.78, 5) is 4.70. The van der Waals surface area contributed by atoms with E-state index in [0.717, 1.165) is 5.69 Å². The third-order valence-corrected chi connectivity index (χ3v) is 4.56. The highest BCUT2D eigenvalue weighted by atomic mass is 15.1. The second-order valence-electron chi connectivity index (χ2n) is 5.63. The Morgan fingerprint density at radius 3 is 2.50 bits per heavy atom. The van der Waals surface area contributed by atoms with Gasteiger partial charge in [0, 0.05) is 5.69 Å². The third-order valence-electron chi connectivity index (χ3n) is 4.56. The van der Waals surface area contributed by atoms with Crippen LogP contribution in [0.15, 0.2) is 35.3 Å². The predicted octanol–water partition coefficient (Wildman–Crippen LogP) is 3.14. The Labute approximate surface area is 108 Å². The van der Waals surface area contributed by atoms with Gasteiger partial charge in [-0.2, -0.15) is 0 Å². The second-order valence-corrected chi connectivity index (χ2v) is 5.63. The average molecular weight is 243 g/mol. The van der Waals surface area contributed by atoms with Crippen molar-refractivity contribution in [2.75, 3.05) is 5.32 Å². The summed E-state index contributed by atoms with van der Waals surface area (Å²) in [5, 5.41) is 3.18. The molecule has 96 valence electrons. The standard InChI is InChI=1S/C15H21N3/c16-14(17-12-6-2-1-3-7-12)18-13-8-11-15(13)9-4-5-10-15/h1-3,6-7,13H,4-5,8-11H2,(H3,16,17,18). The number of nitrogens with zero attached hydrogens (tertiary/aromatic N) is 1. The number of anilines is 1. The van der Waals surface area contributed by atoms with E-state index < -0.39 is 0 Å². The van der Waals surface area contributed by atoms with Gasteiger partial charge in [-0.1, -0.05) is 31.0 Å². The predicted molar refractivity (Wildman–Crippen MR) is 75.6 cm³/mol. The monoisotopic (exact) mass is 243 g/mol. The molecule has 18 heavy (non-hydrogen) atoms. The number of nitrogens with two attached hydrogens (primary N) is 1. The summed E-state index contributed by atoms with van der Waals surface area (Å²) in [5.74, 6) is 0.567. The number of para-hydroxylation sites is 1. The molecule has 1 aromatic carbocycles. The summed E-state index contributed by atoms with van der Waals surface area (Å²) < 4.78 is 0. The molecule has 0 heterocycles. The molecule has 0 bridgehead atoms. The molecule has 0 amide bonds. The molecule has 2 fully saturated rings. The van der Waals surface area contributed by atoms with E-state index in [9.17, 15) is 0 Å². The minimum Gasteiger partial charge on any atom is -0.370 e. The number of guanidine groups is 1. The number of benzene rings is 1. The summed E-state index contributed by atoms with van der Waals surface area (Å²) in [6.07, 6.45) is 7.99. The van der Waals surface area contributed by atoms with Gasteiger partial charge in [-0.05, 0) is 43.2 Å². The molecule has 2 saturated carbocycles. The minimum atomic E-state index is 0.455. The molecule has 1 spiro atoms. The van der Waals surface area contributed by atoms with Crippen molar-refractivity contribution in [1.82, 2.24) is 0 Å². The van der Waals surface area contributed by atoms with E-state index in [0.29, 0.717) is 17.4 Å². The van der Waals surface area contributed by atoms with Crippen LogP contribution < -0.4 is 11.1 Å². The zero-order valence-corrected chi connectivity index (χ0v) is 10.7. The lowest BCUT2D eigenvalue weighted by Gasteiger charge is -2.45. The average Bonchev–Trinajstić information content (AvgIpc) is 2.88. The Kier molecular flexibility index (Phi) is 2.98. The van der Waals surface area contributed by atoms with Crippen LogP contribution in [0.4, 0.5) is 5.69 Å². The molecule has 0 radical (unpaired) electrons. The van der Waals surface area contributed by atoms with Gasteiger partial charge in [0.1, 0.15) is 0 Å². The van der Waals surface area contributed by atoms with Gasteiger partial charge in [0.15, 0.2) is 5.96 Å². The molecule has 2 aliphatic carbocycles. The fraction of sp³-hybridized carbons (Fsp3) is 0.533. The van der Waals surface area contributed by atoms with Gasteiger partial charge in [-0.15, -0.1) is 0 Å². The van der Waals surface area contributed by atoms with Gasteiger partial charge in [-0.3, -0.25) is 0 Å². The fourth-order valence-corrected chi connectivity index (χ4v) is 3.42. The highest BCUT2D eigenvalue weighted by Crippen LogP contribution is 2.54. The largest absolute Gasteiger partial charge is 0.370 e. The van der Waals surface area contributed by atoms with Crippen molar-refractivity contribution in [2.24, 2.45) is 16.1 Å². The SMILES string of the molecule is NC(=NC1CCC12CCCC2)Nc1ccccc1. The molecule has 3 nitrogen and oxygen atoms in total. The number of hydrogen-bond donors (Lipinski definition) is 2. The number of nitrogens with one attached hydrogen (secondary N) is 1. The van der Waals surface area contributed by atoms with Crippen molar-refractivity contribution < 1.29 is 0 Å². The molecule has 3 N–H and O–H groups in total. The Hall–Kier alpha value is -1.51. The zero-order valence-electron chi connectivity index (χ0n) is 10.7. The number of rotatable bonds is 2. The van der Waals surface area contributed by atoms with Gasteiger partial charge in [-0.25, -0.2) is 4.99 Å². The highest BCUT2D eigenvalue weighted by molar-refractivity contribution is 5.92. The van der Waals surface area contributed by atoms with Crippen molar-refractivity contribution in [1.29, 1.82) is 0 Å². The second kappa shape index (κ2) is 4.63. The van der Waals surface area contributed by atoms with E-state index in [1.54, 1.807) is 0 Å². The van der Waals surface area contributed by atoms with Crippen molar-refractivity contribution in [3.05, 3.63) is 30.3 Å². The maximum atomic E-state index is 6.01. The van der Waals surface area contributed by atoms with E-state index in [4.69, 9.17) is 10.7 Å². The topological polar surface area (TPSA) is 50.4 Å². The Bertz CT molecular complexity index is 432. The normalized spacial score (nSPS) is 26.0. The molecule has 0 aliphatic heterocycles. The summed E-state index contributed by atoms with van der Waals surface area (Å²) in [7, 11) is 0. The summed E-state index contributed by atoms with van der Waals surface area (Å²) in [5.41, 5.74) is 7.52. The van der Waals surface area contributed by atoms with Crippen LogP contribution in [-0.2, 0) is 0 Å². The van der Waals surface area contributed by atoms with Crippen LogP contribution in [0.1, 0.15) is 38.5 Å². The molecule has 1 aromatic rings. The molecule has 2 aliphatic rings. The quantitative estimate of drug-likeness (QED) is 0.619. The zero-order chi connectivity index (χ0) is 12.4. The molecular formula is C15H21N3. The van der Waals surface area contributed by atoms with E-state index in [1.807, 2.05) is 30.3 Å². The van der Waals surface area contributed by atoms with Crippen LogP contribution >= 0.6 is 0 Å². The van der Waals surface area contributed by atoms with Crippen molar-refractivity contribution in [3.8, 4) is 0 Å². The van der Waals surface area contributed by atoms with Crippen LogP contribution in [0.25, 0.3) is 0 Å². The number of hydrogen-bond acceptors (Lipinski definition) is 1. The van der Waals surface area contributed by atoms with Crippen molar-refractivity contribution in [2.45, 2.75) is 44.6 Å². The van der Waals surface area contributed by atoms with Crippen molar-refractivity contribution in [3.63, 3.8) is 0 Å². The molecule has 0 saturated heterocycles. The van der Waals surface area contributed by atoms with Crippen LogP contribution in [0.3, 0.4) is 0 Å². The smallest absolute Gasteiger partial charge is 0.193 e. The first-order valence-corrected chi connectivity index (χ1v) is 6.94. The molecule has 1 atom stereocenters. The molecule has 1 unspecified atom stereocenters. The van der Waals surface area contributed by atoms with Crippen molar-refractivity contribution >= 4 is 11.6 Å². The third kappa shape index (κ3) is 2.09. The fourth-order valence-electron chi connectivity index (χ4n) is 3.42. The van der Waals surface area contributed by atoms with Crippen LogP contribution in [0, 0.1) is 5.41 Å². The molecule has 0 aromatic heterocycles. The summed E-state index contributed by atoms with van der Waals surface area (Å²) in [6.45, 7) is 0. The maximum Gasteiger partial charge on any atom is 0.193 e. The van der Waals surface area contributed by atoms with Gasteiger partial charge in [0.2, 0.25) is 0 Å². The first-order chi connectivity index (χ1) is 8.78. The van der Waals surface area contributed by atoms with Crippen LogP contribution in [-0.4, -0.2) is 12.0 Å². The van der Waals surface area contributed by atoms with Gasteiger partial charge >= 0.3 is 0 Å². The lowest BCUT2D eigenvalue weighted by atomic mass is 9.63. The molecule has 3 rings (SSSR count). The van der Waals surface area contributed by atoms with E-state index in [1.165, 1.54) is 38.5 Å². The van der Waals surface area contributed by atoms with Gasteiger partial charge in [0.05, 0.1) is 6.04 Å². The Balaban J connectivity index is 1.65. The van der Waals surface area contributed by atoms with E-state index in [-0.39, 0.29) is 0 Å². The summed E-state index contributed by atoms with van der Waals surface area (Å²) >= 11 is 0. The van der Waals surface area contributed by atoms with Gasteiger partial charge in [0.25, 0.3) is 0 Å². The minimum absolute atomic E-state index is 0.455. The first-order valence-electron chi connectivity index (χ1n) is 6.94. The molecule has 3 heteroatoms. The van der Waals surface area contributed by atoms with E-state index >= 15 is 0 Å².